The van der Waals surface area contributed by atoms with Crippen molar-refractivity contribution >= 4 is 28.9 Å². The molecular formula is C35H47N3O7. The lowest BCUT2D eigenvalue weighted by Crippen LogP contribution is -2.55. The molecule has 0 radical (unpaired) electrons. The molecule has 5 atom stereocenters. The second-order valence-electron chi connectivity index (χ2n) is 13.1. The minimum absolute atomic E-state index is 0.0178. The summed E-state index contributed by atoms with van der Waals surface area (Å²) >= 11 is 0. The molecule has 3 heterocycles. The number of carbonyl (C=O) groups excluding carboxylic acids is 3. The van der Waals surface area contributed by atoms with Gasteiger partial charge in [0.2, 0.25) is 11.8 Å². The Kier molecular flexibility index (Phi) is 9.95. The summed E-state index contributed by atoms with van der Waals surface area (Å²) in [4.78, 5) is 47.2. The Labute approximate surface area is 265 Å². The average molecular weight is 622 g/mol. The van der Waals surface area contributed by atoms with Gasteiger partial charge in [0, 0.05) is 11.8 Å². The number of rotatable bonds is 4. The van der Waals surface area contributed by atoms with Gasteiger partial charge in [-0.05, 0) is 82.3 Å². The third-order valence-electron chi connectivity index (χ3n) is 10.2. The van der Waals surface area contributed by atoms with Crippen LogP contribution in [0.3, 0.4) is 0 Å². The van der Waals surface area contributed by atoms with Crippen molar-refractivity contribution in [1.82, 2.24) is 15.2 Å². The van der Waals surface area contributed by atoms with Crippen LogP contribution in [0, 0.1) is 11.8 Å². The molecule has 2 amide bonds. The molecule has 1 saturated heterocycles. The Balaban J connectivity index is 1.37. The number of aromatic nitrogens is 1. The predicted octanol–water partition coefficient (Wildman–Crippen LogP) is 5.73. The molecule has 2 aliphatic heterocycles. The molecule has 4 aliphatic rings. The van der Waals surface area contributed by atoms with Crippen LogP contribution in [0.5, 0.6) is 11.6 Å². The van der Waals surface area contributed by atoms with Crippen molar-refractivity contribution in [2.24, 2.45) is 11.8 Å². The second kappa shape index (κ2) is 14.3. The van der Waals surface area contributed by atoms with E-state index in [4.69, 9.17) is 23.9 Å². The van der Waals surface area contributed by atoms with Crippen LogP contribution < -0.4 is 14.8 Å². The predicted molar refractivity (Wildman–Crippen MR) is 168 cm³/mol. The van der Waals surface area contributed by atoms with Gasteiger partial charge in [0.1, 0.15) is 30.0 Å². The van der Waals surface area contributed by atoms with E-state index < -0.39 is 30.3 Å². The molecule has 10 nitrogen and oxygen atoms in total. The zero-order chi connectivity index (χ0) is 31.3. The number of hydrogen-bond acceptors (Lipinski definition) is 8. The number of carbonyl (C=O) groups is 3. The molecule has 3 fully saturated rings. The fourth-order valence-electron chi connectivity index (χ4n) is 7.99. The van der Waals surface area contributed by atoms with E-state index in [1.54, 1.807) is 4.90 Å². The van der Waals surface area contributed by atoms with Gasteiger partial charge >= 0.3 is 12.1 Å². The van der Waals surface area contributed by atoms with E-state index in [1.165, 1.54) is 7.11 Å². The quantitative estimate of drug-likeness (QED) is 0.431. The lowest BCUT2D eigenvalue weighted by molar-refractivity contribution is -0.152. The van der Waals surface area contributed by atoms with Crippen LogP contribution in [0.4, 0.5) is 4.79 Å². The van der Waals surface area contributed by atoms with Gasteiger partial charge in [0.05, 0.1) is 31.3 Å². The van der Waals surface area contributed by atoms with Crippen LogP contribution in [0.2, 0.25) is 0 Å². The zero-order valence-electron chi connectivity index (χ0n) is 26.6. The molecule has 45 heavy (non-hydrogen) atoms. The molecule has 1 aromatic carbocycles. The van der Waals surface area contributed by atoms with E-state index in [1.807, 2.05) is 31.2 Å². The van der Waals surface area contributed by atoms with E-state index in [0.29, 0.717) is 18.4 Å². The summed E-state index contributed by atoms with van der Waals surface area (Å²) in [5, 5.41) is 3.91. The maximum atomic E-state index is 14.3. The molecule has 6 rings (SSSR count). The third-order valence-corrected chi connectivity index (χ3v) is 10.2. The van der Waals surface area contributed by atoms with Crippen molar-refractivity contribution in [3.05, 3.63) is 29.8 Å². The van der Waals surface area contributed by atoms with Crippen LogP contribution in [-0.2, 0) is 25.5 Å². The van der Waals surface area contributed by atoms with Gasteiger partial charge in [0.25, 0.3) is 0 Å². The number of ether oxygens (including phenoxy) is 4. The lowest BCUT2D eigenvalue weighted by Gasteiger charge is -2.31. The SMILES string of the molecule is CCOc1c2c(nc3ccccc13)OC1CC(C(=O)OC)N(C1)C(=O)C(C1CCCC1)NC(=O)OC1CCCC1CCCCC2. The van der Waals surface area contributed by atoms with Crippen molar-refractivity contribution in [3.63, 3.8) is 0 Å². The zero-order valence-corrected chi connectivity index (χ0v) is 26.6. The number of nitrogens with one attached hydrogen (secondary N) is 1. The van der Waals surface area contributed by atoms with E-state index in [9.17, 15) is 14.4 Å². The number of methoxy groups -OCH3 is 1. The largest absolute Gasteiger partial charge is 0.493 e. The van der Waals surface area contributed by atoms with E-state index >= 15 is 0 Å². The summed E-state index contributed by atoms with van der Waals surface area (Å²) in [6.07, 6.45) is 10.4. The Hall–Kier alpha value is -3.56. The highest BCUT2D eigenvalue weighted by atomic mass is 16.6. The van der Waals surface area contributed by atoms with Crippen molar-refractivity contribution in [1.29, 1.82) is 0 Å². The number of fused-ring (bicyclic) bond motifs is 5. The minimum Gasteiger partial charge on any atom is -0.493 e. The number of amides is 2. The molecule has 1 aromatic heterocycles. The fourth-order valence-corrected chi connectivity index (χ4v) is 7.99. The summed E-state index contributed by atoms with van der Waals surface area (Å²) in [5.74, 6) is 0.798. The van der Waals surface area contributed by atoms with E-state index in [-0.39, 0.29) is 30.9 Å². The van der Waals surface area contributed by atoms with Gasteiger partial charge in [-0.1, -0.05) is 37.8 Å². The standard InChI is InChI=1S/C35H47N3O7/c1-3-43-31-25-16-9-10-18-27(25)36-32-26(31)17-6-4-5-12-22-15-11-19-29(22)45-35(41)37-30(23-13-7-8-14-23)33(39)38-21-24(44-32)20-28(38)34(40)42-2/h9-10,16,18,22-24,28-30H,3-8,11-15,17,19-21H2,1-2H3,(H,37,41). The molecule has 244 valence electrons. The number of hydrogen-bond donors (Lipinski definition) is 1. The number of esters is 1. The second-order valence-corrected chi connectivity index (χ2v) is 13.1. The highest BCUT2D eigenvalue weighted by Gasteiger charge is 2.46. The van der Waals surface area contributed by atoms with Crippen LogP contribution in [0.1, 0.15) is 89.5 Å². The average Bonchev–Trinajstić information content (AvgIpc) is 3.82. The maximum Gasteiger partial charge on any atom is 0.408 e. The minimum atomic E-state index is -0.828. The van der Waals surface area contributed by atoms with E-state index in [0.717, 1.165) is 99.3 Å². The lowest BCUT2D eigenvalue weighted by atomic mass is 9.96. The summed E-state index contributed by atoms with van der Waals surface area (Å²) in [6, 6.07) is 6.31. The van der Waals surface area contributed by atoms with Gasteiger partial charge in [-0.25, -0.2) is 14.6 Å². The molecule has 1 N–H and O–H groups in total. The molecule has 2 saturated carbocycles. The monoisotopic (exact) mass is 621 g/mol. The van der Waals surface area contributed by atoms with Crippen molar-refractivity contribution < 1.29 is 33.3 Å². The topological polar surface area (TPSA) is 116 Å². The summed E-state index contributed by atoms with van der Waals surface area (Å²) in [7, 11) is 1.33. The smallest absolute Gasteiger partial charge is 0.408 e. The molecule has 2 aliphatic carbocycles. The van der Waals surface area contributed by atoms with Crippen LogP contribution in [-0.4, -0.2) is 72.4 Å². The van der Waals surface area contributed by atoms with Gasteiger partial charge in [-0.2, -0.15) is 0 Å². The first-order chi connectivity index (χ1) is 22.0. The molecule has 2 bridgehead atoms. The van der Waals surface area contributed by atoms with Gasteiger partial charge in [-0.15, -0.1) is 0 Å². The van der Waals surface area contributed by atoms with Crippen molar-refractivity contribution in [2.75, 3.05) is 20.3 Å². The molecular weight excluding hydrogens is 574 g/mol. The van der Waals surface area contributed by atoms with Gasteiger partial charge < -0.3 is 29.2 Å². The summed E-state index contributed by atoms with van der Waals surface area (Å²) in [6.45, 7) is 2.67. The van der Waals surface area contributed by atoms with Gasteiger partial charge in [-0.3, -0.25) is 4.79 Å². The third kappa shape index (κ3) is 6.84. The number of pyridine rings is 1. The highest BCUT2D eigenvalue weighted by molar-refractivity contribution is 5.91. The first-order valence-corrected chi connectivity index (χ1v) is 17.0. The number of benzene rings is 1. The maximum absolute atomic E-state index is 14.3. The number of nitrogens with zero attached hydrogens (tertiary/aromatic N) is 2. The number of alkyl carbamates (subject to hydrolysis) is 1. The summed E-state index contributed by atoms with van der Waals surface area (Å²) < 4.78 is 24.0. The van der Waals surface area contributed by atoms with Crippen molar-refractivity contribution in [3.8, 4) is 11.6 Å². The van der Waals surface area contributed by atoms with Crippen LogP contribution >= 0.6 is 0 Å². The van der Waals surface area contributed by atoms with Crippen LogP contribution in [0.15, 0.2) is 24.3 Å². The van der Waals surface area contributed by atoms with E-state index in [2.05, 4.69) is 5.32 Å². The highest BCUT2D eigenvalue weighted by Crippen LogP contribution is 2.39. The van der Waals surface area contributed by atoms with Crippen molar-refractivity contribution in [2.45, 2.75) is 115 Å². The molecule has 0 spiro atoms. The normalized spacial score (nSPS) is 28.3. The van der Waals surface area contributed by atoms with Gasteiger partial charge in [0.15, 0.2) is 0 Å². The Morgan fingerprint density at radius 2 is 1.73 bits per heavy atom. The summed E-state index contributed by atoms with van der Waals surface area (Å²) in [5.41, 5.74) is 1.70. The Morgan fingerprint density at radius 1 is 0.978 bits per heavy atom. The number of para-hydroxylation sites is 1. The molecule has 2 aromatic rings. The fraction of sp³-hybridized carbons (Fsp3) is 0.657. The van der Waals surface area contributed by atoms with Crippen LogP contribution in [0.25, 0.3) is 10.9 Å². The Bertz CT molecular complexity index is 1380. The molecule has 10 heteroatoms. The molecule has 5 unspecified atom stereocenters. The Morgan fingerprint density at radius 3 is 2.53 bits per heavy atom. The first kappa shape index (κ1) is 31.4. The first-order valence-electron chi connectivity index (χ1n) is 17.0.